The Morgan fingerprint density at radius 2 is 1.76 bits per heavy atom. The van der Waals surface area contributed by atoms with E-state index < -0.39 is 35.1 Å². The highest BCUT2D eigenvalue weighted by Gasteiger charge is 2.79. The average molecular weight is 580 g/mol. The van der Waals surface area contributed by atoms with Crippen LogP contribution in [0.15, 0.2) is 55.6 Å². The fourth-order valence-corrected chi connectivity index (χ4v) is 7.72. The summed E-state index contributed by atoms with van der Waals surface area (Å²) in [5.41, 5.74) is -1.00. The normalized spacial score (nSPS) is 29.4. The number of carbonyl (C=O) groups is 3. The maximum Gasteiger partial charge on any atom is 0.248 e. The first-order valence-electron chi connectivity index (χ1n) is 15.6. The summed E-state index contributed by atoms with van der Waals surface area (Å²) in [6, 6.07) is 8.14. The molecule has 3 fully saturated rings. The second-order valence-corrected chi connectivity index (χ2v) is 12.6. The van der Waals surface area contributed by atoms with E-state index in [1.165, 1.54) is 0 Å². The Balaban J connectivity index is 1.85. The van der Waals surface area contributed by atoms with Gasteiger partial charge in [-0.2, -0.15) is 0 Å². The van der Waals surface area contributed by atoms with E-state index >= 15 is 0 Å². The minimum atomic E-state index is -1.15. The van der Waals surface area contributed by atoms with Gasteiger partial charge in [0.2, 0.25) is 17.7 Å². The van der Waals surface area contributed by atoms with Crippen molar-refractivity contribution in [2.24, 2.45) is 17.8 Å². The molecule has 3 aliphatic heterocycles. The third kappa shape index (κ3) is 5.11. The van der Waals surface area contributed by atoms with Crippen molar-refractivity contribution in [3.05, 3.63) is 61.2 Å². The molecular formula is C34H49N3O5. The van der Waals surface area contributed by atoms with Crippen LogP contribution in [-0.2, 0) is 25.7 Å². The summed E-state index contributed by atoms with van der Waals surface area (Å²) in [6.07, 6.45) is 5.77. The van der Waals surface area contributed by atoms with Crippen LogP contribution in [0.25, 0.3) is 0 Å². The van der Waals surface area contributed by atoms with Gasteiger partial charge in [-0.3, -0.25) is 14.4 Å². The Kier molecular flexibility index (Phi) is 9.68. The van der Waals surface area contributed by atoms with Gasteiger partial charge in [0.05, 0.1) is 30.1 Å². The highest BCUT2D eigenvalue weighted by Crippen LogP contribution is 2.65. The van der Waals surface area contributed by atoms with Crippen LogP contribution in [0.4, 0.5) is 0 Å². The predicted octanol–water partition coefficient (Wildman–Crippen LogP) is 4.19. The number of aliphatic hydroxyl groups is 1. The molecule has 7 atom stereocenters. The van der Waals surface area contributed by atoms with E-state index in [1.807, 2.05) is 65.0 Å². The van der Waals surface area contributed by atoms with E-state index in [1.54, 1.807) is 26.9 Å². The van der Waals surface area contributed by atoms with Gasteiger partial charge in [-0.15, -0.1) is 13.2 Å². The maximum atomic E-state index is 14.7. The van der Waals surface area contributed by atoms with Crippen LogP contribution in [0.2, 0.25) is 0 Å². The minimum absolute atomic E-state index is 0.0572. The number of likely N-dealkylation sites (tertiary alicyclic amines) is 1. The molecule has 1 N–H and O–H groups in total. The molecule has 1 aromatic carbocycles. The molecule has 8 heteroatoms. The number of ether oxygens (including phenoxy) is 1. The summed E-state index contributed by atoms with van der Waals surface area (Å²) in [7, 11) is 0. The van der Waals surface area contributed by atoms with E-state index in [-0.39, 0.29) is 36.3 Å². The van der Waals surface area contributed by atoms with Gasteiger partial charge in [0.25, 0.3) is 0 Å². The molecule has 8 nitrogen and oxygen atoms in total. The monoisotopic (exact) mass is 579 g/mol. The van der Waals surface area contributed by atoms with Crippen LogP contribution in [0.5, 0.6) is 0 Å². The van der Waals surface area contributed by atoms with Gasteiger partial charge in [-0.25, -0.2) is 0 Å². The fraction of sp³-hybridized carbons (Fsp3) is 0.618. The third-order valence-corrected chi connectivity index (χ3v) is 10.1. The van der Waals surface area contributed by atoms with Crippen LogP contribution >= 0.6 is 0 Å². The summed E-state index contributed by atoms with van der Waals surface area (Å²) in [6.45, 7) is 18.4. The lowest BCUT2D eigenvalue weighted by molar-refractivity contribution is -0.160. The summed E-state index contributed by atoms with van der Waals surface area (Å²) in [5, 5.41) is 10.6. The first-order chi connectivity index (χ1) is 20.1. The zero-order valence-electron chi connectivity index (χ0n) is 26.0. The Morgan fingerprint density at radius 3 is 2.31 bits per heavy atom. The molecular weight excluding hydrogens is 530 g/mol. The van der Waals surface area contributed by atoms with E-state index in [4.69, 9.17) is 4.74 Å². The van der Waals surface area contributed by atoms with E-state index in [9.17, 15) is 19.5 Å². The van der Waals surface area contributed by atoms with Crippen molar-refractivity contribution in [3.63, 3.8) is 0 Å². The van der Waals surface area contributed by atoms with Gasteiger partial charge >= 0.3 is 0 Å². The second-order valence-electron chi connectivity index (χ2n) is 12.6. The number of carbonyl (C=O) groups excluding carboxylic acids is 3. The van der Waals surface area contributed by atoms with Crippen LogP contribution in [0.3, 0.4) is 0 Å². The lowest BCUT2D eigenvalue weighted by Crippen LogP contribution is -2.60. The third-order valence-electron chi connectivity index (χ3n) is 10.1. The molecule has 1 spiro atoms. The SMILES string of the molecule is C=CCN(Cc1ccccc1)C(=O)[C@H]1[C@H]2C(=O)N([C@@H](CO)[C@@H](C)CC)C(C(=O)N(CC=C)C(C)C)C23CC[C@]1(CC)O3. The zero-order valence-corrected chi connectivity index (χ0v) is 26.0. The topological polar surface area (TPSA) is 90.4 Å². The molecule has 3 amide bonds. The number of aliphatic hydroxyl groups excluding tert-OH is 1. The lowest BCUT2D eigenvalue weighted by Gasteiger charge is -2.42. The van der Waals surface area contributed by atoms with Crippen molar-refractivity contribution in [3.8, 4) is 0 Å². The van der Waals surface area contributed by atoms with Crippen molar-refractivity contribution < 1.29 is 24.2 Å². The van der Waals surface area contributed by atoms with Gasteiger partial charge < -0.3 is 24.5 Å². The molecule has 2 unspecified atom stereocenters. The van der Waals surface area contributed by atoms with Gasteiger partial charge in [-0.1, -0.05) is 69.7 Å². The number of hydrogen-bond donors (Lipinski definition) is 1. The van der Waals surface area contributed by atoms with Gasteiger partial charge in [0.15, 0.2) is 0 Å². The Hall–Kier alpha value is -2.97. The molecule has 1 aromatic rings. The summed E-state index contributed by atoms with van der Waals surface area (Å²) >= 11 is 0. The maximum absolute atomic E-state index is 14.7. The van der Waals surface area contributed by atoms with Crippen molar-refractivity contribution in [1.29, 1.82) is 0 Å². The average Bonchev–Trinajstić information content (AvgIpc) is 3.59. The number of hydrogen-bond acceptors (Lipinski definition) is 5. The van der Waals surface area contributed by atoms with Crippen molar-refractivity contribution >= 4 is 17.7 Å². The van der Waals surface area contributed by atoms with Gasteiger partial charge in [-0.05, 0) is 44.6 Å². The number of nitrogens with zero attached hydrogens (tertiary/aromatic N) is 3. The summed E-state index contributed by atoms with van der Waals surface area (Å²) in [5.74, 6) is -2.23. The number of fused-ring (bicyclic) bond motifs is 1. The van der Waals surface area contributed by atoms with E-state index in [2.05, 4.69) is 13.2 Å². The highest BCUT2D eigenvalue weighted by molar-refractivity contribution is 5.99. The minimum Gasteiger partial charge on any atom is -0.394 e. The molecule has 0 aromatic heterocycles. The molecule has 0 radical (unpaired) electrons. The summed E-state index contributed by atoms with van der Waals surface area (Å²) < 4.78 is 6.99. The molecule has 3 heterocycles. The molecule has 3 saturated heterocycles. The number of benzene rings is 1. The van der Waals surface area contributed by atoms with Crippen molar-refractivity contribution in [1.82, 2.24) is 14.7 Å². The summed E-state index contributed by atoms with van der Waals surface area (Å²) in [4.78, 5) is 49.0. The van der Waals surface area contributed by atoms with Gasteiger partial charge in [0, 0.05) is 25.7 Å². The van der Waals surface area contributed by atoms with Crippen LogP contribution in [0, 0.1) is 17.8 Å². The quantitative estimate of drug-likeness (QED) is 0.334. The van der Waals surface area contributed by atoms with Crippen molar-refractivity contribution in [2.75, 3.05) is 19.7 Å². The standard InChI is InChI=1S/C34H49N3O5/c1-8-19-35(21-25-15-13-12-14-16-25)30(39)27-28-31(40)37(26(22-38)24(7)10-3)29(32(41)36(20-9-2)23(5)6)34(28)18-17-33(27,11-4)42-34/h8-9,12-16,23-24,26-29,38H,1-2,10-11,17-22H2,3-7H3/t24-,26-,27+,28-,29?,33-,34?/m0/s1. The molecule has 4 rings (SSSR count). The number of amides is 3. The van der Waals surface area contributed by atoms with E-state index in [0.717, 1.165) is 12.0 Å². The second kappa shape index (κ2) is 12.7. The fourth-order valence-electron chi connectivity index (χ4n) is 7.72. The first kappa shape index (κ1) is 32.0. The number of rotatable bonds is 14. The lowest BCUT2D eigenvalue weighted by atomic mass is 9.64. The Morgan fingerprint density at radius 1 is 1.10 bits per heavy atom. The smallest absolute Gasteiger partial charge is 0.248 e. The molecule has 2 bridgehead atoms. The van der Waals surface area contributed by atoms with Gasteiger partial charge in [0.1, 0.15) is 11.6 Å². The van der Waals surface area contributed by atoms with Crippen LogP contribution < -0.4 is 0 Å². The highest BCUT2D eigenvalue weighted by atomic mass is 16.5. The largest absolute Gasteiger partial charge is 0.394 e. The van der Waals surface area contributed by atoms with Crippen LogP contribution in [-0.4, -0.2) is 86.6 Å². The zero-order chi connectivity index (χ0) is 30.8. The molecule has 3 aliphatic rings. The Labute approximate surface area is 251 Å². The van der Waals surface area contributed by atoms with Crippen molar-refractivity contribution in [2.45, 2.75) is 96.2 Å². The molecule has 0 aliphatic carbocycles. The molecule has 230 valence electrons. The first-order valence-corrected chi connectivity index (χ1v) is 15.6. The van der Waals surface area contributed by atoms with Crippen LogP contribution in [0.1, 0.15) is 65.9 Å². The molecule has 42 heavy (non-hydrogen) atoms. The van der Waals surface area contributed by atoms with E-state index in [0.29, 0.717) is 38.9 Å². The molecule has 0 saturated carbocycles. The Bertz CT molecular complexity index is 1170. The predicted molar refractivity (Wildman–Crippen MR) is 163 cm³/mol.